The van der Waals surface area contributed by atoms with E-state index in [9.17, 15) is 0 Å². The number of hydrogen-bond acceptors (Lipinski definition) is 3. The third kappa shape index (κ3) is 2.33. The topological polar surface area (TPSA) is 34.1 Å². The summed E-state index contributed by atoms with van der Waals surface area (Å²) in [6.07, 6.45) is 4.50. The molecule has 0 bridgehead atoms. The van der Waals surface area contributed by atoms with Gasteiger partial charge >= 0.3 is 0 Å². The lowest BCUT2D eigenvalue weighted by Crippen LogP contribution is -2.04. The average molecular weight is 270 g/mol. The number of nitrogens with zero attached hydrogens (tertiary/aromatic N) is 1. The van der Waals surface area contributed by atoms with Crippen molar-refractivity contribution < 1.29 is 4.74 Å². The number of anilines is 1. The Morgan fingerprint density at radius 3 is 2.95 bits per heavy atom. The highest BCUT2D eigenvalue weighted by Gasteiger charge is 2.19. The highest BCUT2D eigenvalue weighted by atomic mass is 16.5. The summed E-state index contributed by atoms with van der Waals surface area (Å²) in [5, 5.41) is 4.73. The summed E-state index contributed by atoms with van der Waals surface area (Å²) in [6.45, 7) is 5.97. The van der Waals surface area contributed by atoms with Crippen LogP contribution < -0.4 is 10.1 Å². The van der Waals surface area contributed by atoms with Crippen molar-refractivity contribution in [2.75, 3.05) is 18.5 Å². The van der Waals surface area contributed by atoms with Crippen molar-refractivity contribution in [1.82, 2.24) is 4.98 Å². The normalized spacial score (nSPS) is 13.5. The molecule has 1 aromatic carbocycles. The van der Waals surface area contributed by atoms with Gasteiger partial charge in [-0.05, 0) is 56.4 Å². The number of rotatable bonds is 5. The van der Waals surface area contributed by atoms with Crippen LogP contribution in [-0.4, -0.2) is 18.1 Å². The average Bonchev–Trinajstić information content (AvgIpc) is 2.93. The number of ether oxygens (including phenoxy) is 1. The highest BCUT2D eigenvalue weighted by molar-refractivity contribution is 5.94. The molecule has 3 heteroatoms. The van der Waals surface area contributed by atoms with Gasteiger partial charge in [-0.15, -0.1) is 0 Å². The van der Waals surface area contributed by atoms with E-state index in [4.69, 9.17) is 9.72 Å². The van der Waals surface area contributed by atoms with Crippen LogP contribution in [0.25, 0.3) is 10.9 Å². The minimum atomic E-state index is 0.764. The third-order valence-corrected chi connectivity index (χ3v) is 3.81. The van der Waals surface area contributed by atoms with Crippen LogP contribution in [0.2, 0.25) is 0 Å². The zero-order valence-corrected chi connectivity index (χ0v) is 12.3. The van der Waals surface area contributed by atoms with Crippen molar-refractivity contribution in [3.8, 4) is 5.75 Å². The molecule has 1 N–H and O–H groups in total. The maximum absolute atomic E-state index is 5.76. The number of fused-ring (bicyclic) bond motifs is 2. The molecule has 0 spiro atoms. The van der Waals surface area contributed by atoms with Gasteiger partial charge in [-0.1, -0.05) is 6.92 Å². The van der Waals surface area contributed by atoms with E-state index in [1.165, 1.54) is 28.8 Å². The highest BCUT2D eigenvalue weighted by Crippen LogP contribution is 2.35. The molecule has 1 aliphatic rings. The fraction of sp³-hybridized carbons (Fsp3) is 0.471. The van der Waals surface area contributed by atoms with E-state index in [1.807, 2.05) is 6.07 Å². The molecule has 106 valence electrons. The molecule has 0 aliphatic heterocycles. The smallest absolute Gasteiger partial charge is 0.120 e. The van der Waals surface area contributed by atoms with Crippen molar-refractivity contribution in [3.05, 3.63) is 29.5 Å². The lowest BCUT2D eigenvalue weighted by atomic mass is 10.1. The van der Waals surface area contributed by atoms with Crippen LogP contribution >= 0.6 is 0 Å². The maximum Gasteiger partial charge on any atom is 0.120 e. The number of nitrogens with one attached hydrogen (secondary N) is 1. The van der Waals surface area contributed by atoms with Crippen LogP contribution in [0.15, 0.2) is 18.2 Å². The molecule has 0 atom stereocenters. The Bertz CT molecular complexity index is 622. The van der Waals surface area contributed by atoms with Crippen molar-refractivity contribution in [3.63, 3.8) is 0 Å². The van der Waals surface area contributed by atoms with E-state index in [2.05, 4.69) is 31.3 Å². The Hall–Kier alpha value is -1.77. The maximum atomic E-state index is 5.76. The van der Waals surface area contributed by atoms with Crippen LogP contribution in [0.4, 0.5) is 5.69 Å². The summed E-state index contributed by atoms with van der Waals surface area (Å²) in [5.74, 6) is 0.943. The number of pyridine rings is 1. The molecule has 1 aromatic heterocycles. The van der Waals surface area contributed by atoms with Gasteiger partial charge in [0.15, 0.2) is 0 Å². The summed E-state index contributed by atoms with van der Waals surface area (Å²) in [4.78, 5) is 4.82. The molecule has 0 radical (unpaired) electrons. The van der Waals surface area contributed by atoms with Gasteiger partial charge in [0.05, 0.1) is 12.1 Å². The monoisotopic (exact) mass is 270 g/mol. The molecule has 0 unspecified atom stereocenters. The molecule has 1 aliphatic carbocycles. The zero-order valence-electron chi connectivity index (χ0n) is 12.3. The molecule has 0 saturated heterocycles. The van der Waals surface area contributed by atoms with Gasteiger partial charge in [0, 0.05) is 23.3 Å². The van der Waals surface area contributed by atoms with Gasteiger partial charge < -0.3 is 10.1 Å². The third-order valence-electron chi connectivity index (χ3n) is 3.81. The second-order valence-electron chi connectivity index (χ2n) is 5.32. The molecule has 1 heterocycles. The Labute approximate surface area is 120 Å². The van der Waals surface area contributed by atoms with E-state index in [0.29, 0.717) is 0 Å². The molecule has 3 nitrogen and oxygen atoms in total. The van der Waals surface area contributed by atoms with Crippen LogP contribution in [0, 0.1) is 0 Å². The Morgan fingerprint density at radius 2 is 2.15 bits per heavy atom. The van der Waals surface area contributed by atoms with E-state index in [-0.39, 0.29) is 0 Å². The molecule has 2 aromatic rings. The first-order valence-electron chi connectivity index (χ1n) is 7.65. The van der Waals surface area contributed by atoms with E-state index in [0.717, 1.165) is 43.7 Å². The first kappa shape index (κ1) is 13.2. The molecule has 0 amide bonds. The fourth-order valence-electron chi connectivity index (χ4n) is 2.93. The van der Waals surface area contributed by atoms with Gasteiger partial charge in [-0.2, -0.15) is 0 Å². The minimum Gasteiger partial charge on any atom is -0.494 e. The first-order chi connectivity index (χ1) is 9.83. The molecule has 0 fully saturated rings. The molecule has 0 saturated carbocycles. The number of aromatic nitrogens is 1. The van der Waals surface area contributed by atoms with E-state index >= 15 is 0 Å². The molecular weight excluding hydrogens is 248 g/mol. The standard InChI is InChI=1S/C17H22N2O/c1-3-10-20-12-8-9-16-14(11-12)17(18-4-2)13-6-5-7-15(13)19-16/h8-9,11H,3-7,10H2,1-2H3,(H,18,19). The molecular formula is C17H22N2O. The summed E-state index contributed by atoms with van der Waals surface area (Å²) in [6, 6.07) is 6.25. The van der Waals surface area contributed by atoms with Crippen LogP contribution in [-0.2, 0) is 12.8 Å². The van der Waals surface area contributed by atoms with Gasteiger partial charge in [-0.25, -0.2) is 0 Å². The SMILES string of the molecule is CCCOc1ccc2nc3c(c(NCC)c2c1)CCC3. The second kappa shape index (κ2) is 5.70. The van der Waals surface area contributed by atoms with Crippen molar-refractivity contribution in [2.45, 2.75) is 39.5 Å². The summed E-state index contributed by atoms with van der Waals surface area (Å²) in [7, 11) is 0. The Kier molecular flexibility index (Phi) is 3.77. The van der Waals surface area contributed by atoms with Crippen LogP contribution in [0.5, 0.6) is 5.75 Å². The second-order valence-corrected chi connectivity index (χ2v) is 5.32. The number of benzene rings is 1. The van der Waals surface area contributed by atoms with Crippen molar-refractivity contribution in [1.29, 1.82) is 0 Å². The molecule has 3 rings (SSSR count). The summed E-state index contributed by atoms with van der Waals surface area (Å²) in [5.41, 5.74) is 5.03. The zero-order chi connectivity index (χ0) is 13.9. The van der Waals surface area contributed by atoms with Crippen molar-refractivity contribution in [2.24, 2.45) is 0 Å². The predicted molar refractivity (Wildman–Crippen MR) is 83.7 cm³/mol. The van der Waals surface area contributed by atoms with E-state index in [1.54, 1.807) is 0 Å². The quantitative estimate of drug-likeness (QED) is 0.893. The number of hydrogen-bond donors (Lipinski definition) is 1. The summed E-state index contributed by atoms with van der Waals surface area (Å²) < 4.78 is 5.76. The lowest BCUT2D eigenvalue weighted by Gasteiger charge is -2.14. The van der Waals surface area contributed by atoms with Crippen molar-refractivity contribution >= 4 is 16.6 Å². The first-order valence-corrected chi connectivity index (χ1v) is 7.65. The van der Waals surface area contributed by atoms with Gasteiger partial charge in [0.2, 0.25) is 0 Å². The van der Waals surface area contributed by atoms with Gasteiger partial charge in [0.1, 0.15) is 5.75 Å². The van der Waals surface area contributed by atoms with Gasteiger partial charge in [0.25, 0.3) is 0 Å². The largest absolute Gasteiger partial charge is 0.494 e. The predicted octanol–water partition coefficient (Wildman–Crippen LogP) is 3.94. The van der Waals surface area contributed by atoms with Crippen LogP contribution in [0.3, 0.4) is 0 Å². The van der Waals surface area contributed by atoms with E-state index < -0.39 is 0 Å². The van der Waals surface area contributed by atoms with Gasteiger partial charge in [-0.3, -0.25) is 4.98 Å². The Morgan fingerprint density at radius 1 is 1.25 bits per heavy atom. The minimum absolute atomic E-state index is 0.764. The summed E-state index contributed by atoms with van der Waals surface area (Å²) >= 11 is 0. The number of aryl methyl sites for hydroxylation is 1. The fourth-order valence-corrected chi connectivity index (χ4v) is 2.93. The lowest BCUT2D eigenvalue weighted by molar-refractivity contribution is 0.318. The Balaban J connectivity index is 2.11. The molecule has 20 heavy (non-hydrogen) atoms. The van der Waals surface area contributed by atoms with Crippen LogP contribution in [0.1, 0.15) is 37.9 Å².